The average Bonchev–Trinajstić information content (AvgIpc) is 3.10. The van der Waals surface area contributed by atoms with E-state index < -0.39 is 10.0 Å². The van der Waals surface area contributed by atoms with Crippen LogP contribution >= 0.6 is 0 Å². The van der Waals surface area contributed by atoms with E-state index in [0.29, 0.717) is 41.1 Å². The summed E-state index contributed by atoms with van der Waals surface area (Å²) < 4.78 is 35.0. The van der Waals surface area contributed by atoms with Crippen LogP contribution in [0.4, 0.5) is 0 Å². The number of fused-ring (bicyclic) bond motifs is 1. The number of rotatable bonds is 7. The predicted octanol–water partition coefficient (Wildman–Crippen LogP) is 2.03. The van der Waals surface area contributed by atoms with E-state index in [0.717, 1.165) is 6.42 Å². The van der Waals surface area contributed by atoms with Crippen molar-refractivity contribution >= 4 is 26.8 Å². The number of nitrogens with one attached hydrogen (secondary N) is 1. The molecule has 1 fully saturated rings. The number of aryl methyl sites for hydroxylation is 2. The molecule has 176 valence electrons. The van der Waals surface area contributed by atoms with Gasteiger partial charge in [0, 0.05) is 33.0 Å². The number of ether oxygens (including phenoxy) is 1. The molecule has 0 spiro atoms. The minimum Gasteiger partial charge on any atom is -0.493 e. The Morgan fingerprint density at radius 3 is 2.55 bits per heavy atom. The molecule has 0 saturated carbocycles. The molecule has 1 aromatic carbocycles. The lowest BCUT2D eigenvalue weighted by Gasteiger charge is -2.25. The Morgan fingerprint density at radius 2 is 1.88 bits per heavy atom. The van der Waals surface area contributed by atoms with Gasteiger partial charge < -0.3 is 9.72 Å². The van der Waals surface area contributed by atoms with Crippen molar-refractivity contribution in [1.82, 2.24) is 24.1 Å². The highest BCUT2D eigenvalue weighted by Crippen LogP contribution is 2.32. The molecule has 0 amide bonds. The normalized spacial score (nSPS) is 15.3. The molecule has 10 nitrogen and oxygen atoms in total. The first kappa shape index (κ1) is 23.1. The molecule has 2 aromatic heterocycles. The minimum absolute atomic E-state index is 0.0537. The second-order valence-electron chi connectivity index (χ2n) is 7.97. The lowest BCUT2D eigenvalue weighted by Crippen LogP contribution is -2.38. The Morgan fingerprint density at radius 1 is 1.15 bits per heavy atom. The predicted molar refractivity (Wildman–Crippen MR) is 123 cm³/mol. The van der Waals surface area contributed by atoms with Gasteiger partial charge in [-0.1, -0.05) is 13.3 Å². The number of aromatic amines is 1. The third-order valence-electron chi connectivity index (χ3n) is 5.67. The van der Waals surface area contributed by atoms with Crippen LogP contribution in [-0.4, -0.2) is 58.0 Å². The van der Waals surface area contributed by atoms with Gasteiger partial charge in [0.25, 0.3) is 5.56 Å². The van der Waals surface area contributed by atoms with Gasteiger partial charge >= 0.3 is 0 Å². The van der Waals surface area contributed by atoms with Gasteiger partial charge in [-0.2, -0.15) is 9.40 Å². The highest BCUT2D eigenvalue weighted by molar-refractivity contribution is 7.89. The van der Waals surface area contributed by atoms with Crippen molar-refractivity contribution in [1.29, 1.82) is 0 Å². The van der Waals surface area contributed by atoms with E-state index in [-0.39, 0.29) is 48.0 Å². The number of sulfonamides is 1. The van der Waals surface area contributed by atoms with Crippen molar-refractivity contribution in [3.05, 3.63) is 34.2 Å². The second-order valence-corrected chi connectivity index (χ2v) is 9.90. The number of piperidine rings is 1. The number of hydrogen-bond donors (Lipinski definition) is 1. The SMILES string of the molecule is CCCc1nn(C)c2c(=O)[nH]c(-c3cc(S(=O)(=O)N4CCC(=O)CC4)ccc3OCC)nc12. The molecule has 33 heavy (non-hydrogen) atoms. The highest BCUT2D eigenvalue weighted by atomic mass is 32.2. The van der Waals surface area contributed by atoms with Gasteiger partial charge in [0.15, 0.2) is 5.52 Å². The molecule has 1 aliphatic rings. The first-order valence-electron chi connectivity index (χ1n) is 11.0. The lowest BCUT2D eigenvalue weighted by molar-refractivity contribution is -0.120. The average molecular weight is 474 g/mol. The van der Waals surface area contributed by atoms with E-state index in [1.54, 1.807) is 13.1 Å². The van der Waals surface area contributed by atoms with Gasteiger partial charge in [-0.3, -0.25) is 14.3 Å². The summed E-state index contributed by atoms with van der Waals surface area (Å²) in [6, 6.07) is 4.52. The Bertz CT molecular complexity index is 1370. The zero-order valence-electron chi connectivity index (χ0n) is 18.9. The van der Waals surface area contributed by atoms with Gasteiger partial charge in [-0.05, 0) is 31.5 Å². The van der Waals surface area contributed by atoms with Crippen molar-refractivity contribution in [3.8, 4) is 17.1 Å². The summed E-state index contributed by atoms with van der Waals surface area (Å²) in [5.74, 6) is 0.684. The van der Waals surface area contributed by atoms with Crippen LogP contribution in [-0.2, 0) is 28.3 Å². The van der Waals surface area contributed by atoms with Crippen LogP contribution in [0.2, 0.25) is 0 Å². The number of carbonyl (C=O) groups is 1. The lowest BCUT2D eigenvalue weighted by atomic mass is 10.1. The summed E-state index contributed by atoms with van der Waals surface area (Å²) in [5, 5.41) is 4.43. The van der Waals surface area contributed by atoms with Crippen molar-refractivity contribution in [3.63, 3.8) is 0 Å². The second kappa shape index (κ2) is 9.06. The number of hydrogen-bond acceptors (Lipinski definition) is 7. The van der Waals surface area contributed by atoms with E-state index in [1.807, 2.05) is 13.8 Å². The Balaban J connectivity index is 1.86. The number of ketones is 1. The molecule has 0 aliphatic carbocycles. The molecule has 1 saturated heterocycles. The maximum absolute atomic E-state index is 13.2. The fraction of sp³-hybridized carbons (Fsp3) is 0.455. The molecule has 0 unspecified atom stereocenters. The molecule has 0 bridgehead atoms. The van der Waals surface area contributed by atoms with Crippen LogP contribution in [0.3, 0.4) is 0 Å². The summed E-state index contributed by atoms with van der Waals surface area (Å²) in [5.41, 5.74) is 1.57. The molecule has 4 rings (SSSR count). The number of Topliss-reactive ketones (excluding diaryl/α,β-unsaturated/α-hetero) is 1. The monoisotopic (exact) mass is 473 g/mol. The Hall–Kier alpha value is -3.05. The smallest absolute Gasteiger partial charge is 0.277 e. The van der Waals surface area contributed by atoms with Gasteiger partial charge in [0.2, 0.25) is 10.0 Å². The van der Waals surface area contributed by atoms with Crippen LogP contribution in [0.25, 0.3) is 22.4 Å². The van der Waals surface area contributed by atoms with E-state index in [9.17, 15) is 18.0 Å². The third kappa shape index (κ3) is 4.30. The number of benzene rings is 1. The van der Waals surface area contributed by atoms with Crippen molar-refractivity contribution in [2.75, 3.05) is 19.7 Å². The van der Waals surface area contributed by atoms with Gasteiger partial charge in [0.05, 0.1) is 22.8 Å². The van der Waals surface area contributed by atoms with E-state index in [4.69, 9.17) is 4.74 Å². The van der Waals surface area contributed by atoms with Crippen molar-refractivity contribution in [2.45, 2.75) is 44.4 Å². The Labute approximate surface area is 191 Å². The zero-order valence-corrected chi connectivity index (χ0v) is 19.7. The van der Waals surface area contributed by atoms with Crippen molar-refractivity contribution in [2.24, 2.45) is 7.05 Å². The molecule has 3 heterocycles. The molecular weight excluding hydrogens is 446 g/mol. The first-order chi connectivity index (χ1) is 15.8. The molecule has 0 atom stereocenters. The topological polar surface area (TPSA) is 127 Å². The molecule has 1 N–H and O–H groups in total. The fourth-order valence-corrected chi connectivity index (χ4v) is 5.51. The number of carbonyl (C=O) groups excluding carboxylic acids is 1. The van der Waals surface area contributed by atoms with Crippen molar-refractivity contribution < 1.29 is 17.9 Å². The quantitative estimate of drug-likeness (QED) is 0.556. The van der Waals surface area contributed by atoms with E-state index in [2.05, 4.69) is 15.1 Å². The standard InChI is InChI=1S/C22H27N5O5S/c1-4-6-17-19-20(26(3)25-17)22(29)24-21(23-19)16-13-15(7-8-18(16)32-5-2)33(30,31)27-11-9-14(28)10-12-27/h7-8,13H,4-6,9-12H2,1-3H3,(H,23,24,29). The summed E-state index contributed by atoms with van der Waals surface area (Å²) in [7, 11) is -2.13. The van der Waals surface area contributed by atoms with Gasteiger partial charge in [0.1, 0.15) is 22.9 Å². The molecule has 1 aliphatic heterocycles. The Kier molecular flexibility index (Phi) is 6.35. The summed E-state index contributed by atoms with van der Waals surface area (Å²) in [4.78, 5) is 31.9. The van der Waals surface area contributed by atoms with Crippen LogP contribution in [0, 0.1) is 0 Å². The zero-order chi connectivity index (χ0) is 23.8. The van der Waals surface area contributed by atoms with Crippen LogP contribution in [0.15, 0.2) is 27.9 Å². The number of nitrogens with zero attached hydrogens (tertiary/aromatic N) is 4. The summed E-state index contributed by atoms with van der Waals surface area (Å²) in [6.45, 7) is 4.50. The largest absolute Gasteiger partial charge is 0.493 e. The first-order valence-corrected chi connectivity index (χ1v) is 12.4. The maximum atomic E-state index is 13.2. The van der Waals surface area contributed by atoms with Crippen LogP contribution in [0.5, 0.6) is 5.75 Å². The molecular formula is C22H27N5O5S. The van der Waals surface area contributed by atoms with E-state index in [1.165, 1.54) is 21.1 Å². The third-order valence-corrected chi connectivity index (χ3v) is 7.57. The summed E-state index contributed by atoms with van der Waals surface area (Å²) >= 11 is 0. The van der Waals surface area contributed by atoms with Crippen LogP contribution < -0.4 is 10.3 Å². The van der Waals surface area contributed by atoms with E-state index >= 15 is 0 Å². The van der Waals surface area contributed by atoms with Gasteiger partial charge in [-0.25, -0.2) is 13.4 Å². The molecule has 0 radical (unpaired) electrons. The number of H-pyrrole nitrogens is 1. The maximum Gasteiger partial charge on any atom is 0.277 e. The molecule has 3 aromatic rings. The van der Waals surface area contributed by atoms with Crippen LogP contribution in [0.1, 0.15) is 38.8 Å². The highest BCUT2D eigenvalue weighted by Gasteiger charge is 2.29. The molecule has 11 heteroatoms. The fourth-order valence-electron chi connectivity index (χ4n) is 4.04. The van der Waals surface area contributed by atoms with Gasteiger partial charge in [-0.15, -0.1) is 0 Å². The summed E-state index contributed by atoms with van der Waals surface area (Å²) in [6.07, 6.45) is 1.91. The minimum atomic E-state index is -3.82. The number of aromatic nitrogens is 4.